The van der Waals surface area contributed by atoms with E-state index in [2.05, 4.69) is 10.2 Å². The summed E-state index contributed by atoms with van der Waals surface area (Å²) in [6, 6.07) is 3.15. The molecule has 5 nitrogen and oxygen atoms in total. The molecule has 1 aromatic heterocycles. The lowest BCUT2D eigenvalue weighted by atomic mass is 10.0. The Balaban J connectivity index is 2.60. The highest BCUT2D eigenvalue weighted by molar-refractivity contribution is 5.79. The second kappa shape index (κ2) is 4.60. The van der Waals surface area contributed by atoms with Crippen molar-refractivity contribution in [2.45, 2.75) is 13.3 Å². The van der Waals surface area contributed by atoms with Crippen LogP contribution in [0.4, 0.5) is 5.69 Å². The third-order valence-electron chi connectivity index (χ3n) is 2.95. The summed E-state index contributed by atoms with van der Waals surface area (Å²) in [5, 5.41) is 26.5. The lowest BCUT2D eigenvalue weighted by Crippen LogP contribution is -2.08. The van der Waals surface area contributed by atoms with Gasteiger partial charge >= 0.3 is 0 Å². The SMILES string of the molecule is CCc1cc(-c2[nH]ncc2N(C)C)c(O)cc1O. The minimum absolute atomic E-state index is 0.0389. The molecule has 3 N–H and O–H groups in total. The van der Waals surface area contributed by atoms with Gasteiger partial charge in [0.15, 0.2) is 0 Å². The van der Waals surface area contributed by atoms with Gasteiger partial charge in [0.05, 0.1) is 17.6 Å². The molecule has 0 bridgehead atoms. The van der Waals surface area contributed by atoms with E-state index < -0.39 is 0 Å². The van der Waals surface area contributed by atoms with Gasteiger partial charge in [-0.25, -0.2) is 0 Å². The third kappa shape index (κ3) is 1.99. The zero-order chi connectivity index (χ0) is 13.3. The van der Waals surface area contributed by atoms with Gasteiger partial charge in [-0.2, -0.15) is 5.10 Å². The zero-order valence-electron chi connectivity index (χ0n) is 10.7. The minimum Gasteiger partial charge on any atom is -0.508 e. The van der Waals surface area contributed by atoms with E-state index in [1.54, 1.807) is 12.3 Å². The van der Waals surface area contributed by atoms with Crippen LogP contribution in [0, 0.1) is 0 Å². The maximum absolute atomic E-state index is 9.96. The molecule has 0 saturated heterocycles. The summed E-state index contributed by atoms with van der Waals surface area (Å²) in [7, 11) is 3.82. The maximum atomic E-state index is 9.96. The number of aromatic amines is 1. The van der Waals surface area contributed by atoms with E-state index in [0.29, 0.717) is 12.0 Å². The first-order valence-electron chi connectivity index (χ1n) is 5.80. The fourth-order valence-electron chi connectivity index (χ4n) is 1.92. The molecule has 1 aromatic carbocycles. The molecule has 5 heteroatoms. The highest BCUT2D eigenvalue weighted by Gasteiger charge is 2.15. The molecule has 0 atom stereocenters. The number of hydrogen-bond acceptors (Lipinski definition) is 4. The van der Waals surface area contributed by atoms with Crippen LogP contribution in [-0.4, -0.2) is 34.5 Å². The van der Waals surface area contributed by atoms with Crippen LogP contribution in [0.5, 0.6) is 11.5 Å². The largest absolute Gasteiger partial charge is 0.508 e. The predicted molar refractivity (Wildman–Crippen MR) is 71.1 cm³/mol. The van der Waals surface area contributed by atoms with Gasteiger partial charge in [-0.1, -0.05) is 6.92 Å². The third-order valence-corrected chi connectivity index (χ3v) is 2.95. The molecule has 0 fully saturated rings. The van der Waals surface area contributed by atoms with E-state index in [-0.39, 0.29) is 11.5 Å². The van der Waals surface area contributed by atoms with Crippen LogP contribution in [-0.2, 0) is 6.42 Å². The van der Waals surface area contributed by atoms with E-state index in [4.69, 9.17) is 0 Å². The van der Waals surface area contributed by atoms with Crippen LogP contribution in [0.15, 0.2) is 18.3 Å². The van der Waals surface area contributed by atoms with Crippen LogP contribution in [0.1, 0.15) is 12.5 Å². The van der Waals surface area contributed by atoms with Crippen LogP contribution >= 0.6 is 0 Å². The van der Waals surface area contributed by atoms with Gasteiger partial charge in [0, 0.05) is 25.7 Å². The monoisotopic (exact) mass is 247 g/mol. The molecule has 0 amide bonds. The van der Waals surface area contributed by atoms with Crippen LogP contribution in [0.2, 0.25) is 0 Å². The topological polar surface area (TPSA) is 72.4 Å². The lowest BCUT2D eigenvalue weighted by molar-refractivity contribution is 0.447. The number of hydrogen-bond donors (Lipinski definition) is 3. The molecule has 0 aliphatic rings. The molecular weight excluding hydrogens is 230 g/mol. The molecule has 96 valence electrons. The normalized spacial score (nSPS) is 10.6. The number of nitrogens with zero attached hydrogens (tertiary/aromatic N) is 2. The molecule has 0 unspecified atom stereocenters. The van der Waals surface area contributed by atoms with Crippen LogP contribution in [0.3, 0.4) is 0 Å². The summed E-state index contributed by atoms with van der Waals surface area (Å²) < 4.78 is 0. The molecule has 0 aliphatic carbocycles. The summed E-state index contributed by atoms with van der Waals surface area (Å²) in [4.78, 5) is 1.91. The standard InChI is InChI=1S/C13H17N3O2/c1-4-8-5-9(12(18)6-11(8)17)13-10(16(2)3)7-14-15-13/h5-7,17-18H,4H2,1-3H3,(H,14,15). The van der Waals surface area contributed by atoms with Crippen molar-refractivity contribution in [2.24, 2.45) is 0 Å². The first kappa shape index (κ1) is 12.3. The van der Waals surface area contributed by atoms with Gasteiger partial charge in [-0.3, -0.25) is 5.10 Å². The second-order valence-electron chi connectivity index (χ2n) is 4.38. The van der Waals surface area contributed by atoms with E-state index in [0.717, 1.165) is 16.9 Å². The Labute approximate surface area is 106 Å². The molecule has 2 aromatic rings. The van der Waals surface area contributed by atoms with Crippen LogP contribution in [0.25, 0.3) is 11.3 Å². The molecular formula is C13H17N3O2. The fourth-order valence-corrected chi connectivity index (χ4v) is 1.92. The van der Waals surface area contributed by atoms with Gasteiger partial charge in [-0.15, -0.1) is 0 Å². The Bertz CT molecular complexity index is 561. The number of nitrogens with one attached hydrogen (secondary N) is 1. The van der Waals surface area contributed by atoms with Crippen molar-refractivity contribution in [2.75, 3.05) is 19.0 Å². The minimum atomic E-state index is 0.0389. The molecule has 2 rings (SSSR count). The summed E-state index contributed by atoms with van der Waals surface area (Å²) in [5.41, 5.74) is 3.07. The smallest absolute Gasteiger partial charge is 0.128 e. The molecule has 0 aliphatic heterocycles. The first-order chi connectivity index (χ1) is 8.54. The fraction of sp³-hybridized carbons (Fsp3) is 0.308. The van der Waals surface area contributed by atoms with Crippen molar-refractivity contribution in [1.29, 1.82) is 0 Å². The molecule has 0 radical (unpaired) electrons. The summed E-state index contributed by atoms with van der Waals surface area (Å²) >= 11 is 0. The van der Waals surface area contributed by atoms with Crippen molar-refractivity contribution in [3.63, 3.8) is 0 Å². The van der Waals surface area contributed by atoms with Gasteiger partial charge in [0.1, 0.15) is 11.5 Å². The molecule has 1 heterocycles. The average molecular weight is 247 g/mol. The summed E-state index contributed by atoms with van der Waals surface area (Å²) in [6.45, 7) is 1.95. The number of anilines is 1. The number of rotatable bonds is 3. The highest BCUT2D eigenvalue weighted by atomic mass is 16.3. The molecule has 0 spiro atoms. The Morgan fingerprint density at radius 1 is 1.22 bits per heavy atom. The van der Waals surface area contributed by atoms with E-state index in [1.165, 1.54) is 6.07 Å². The van der Waals surface area contributed by atoms with Crippen LogP contribution < -0.4 is 4.90 Å². The van der Waals surface area contributed by atoms with E-state index in [9.17, 15) is 10.2 Å². The summed E-state index contributed by atoms with van der Waals surface area (Å²) in [6.07, 6.45) is 2.40. The number of aromatic hydroxyl groups is 2. The summed E-state index contributed by atoms with van der Waals surface area (Å²) in [5.74, 6) is 0.154. The van der Waals surface area contributed by atoms with Crippen molar-refractivity contribution in [3.05, 3.63) is 23.9 Å². The van der Waals surface area contributed by atoms with E-state index in [1.807, 2.05) is 25.9 Å². The van der Waals surface area contributed by atoms with Gasteiger partial charge < -0.3 is 15.1 Å². The Hall–Kier alpha value is -2.17. The Morgan fingerprint density at radius 3 is 2.56 bits per heavy atom. The number of benzene rings is 1. The predicted octanol–water partition coefficient (Wildman–Crippen LogP) is 2.12. The highest BCUT2D eigenvalue weighted by Crippen LogP contribution is 2.37. The zero-order valence-corrected chi connectivity index (χ0v) is 10.7. The Kier molecular flexibility index (Phi) is 3.14. The van der Waals surface area contributed by atoms with Crippen molar-refractivity contribution >= 4 is 5.69 Å². The quantitative estimate of drug-likeness (QED) is 0.776. The second-order valence-corrected chi connectivity index (χ2v) is 4.38. The number of H-pyrrole nitrogens is 1. The van der Waals surface area contributed by atoms with Gasteiger partial charge in [0.25, 0.3) is 0 Å². The number of phenols is 2. The van der Waals surface area contributed by atoms with Gasteiger partial charge in [-0.05, 0) is 18.1 Å². The average Bonchev–Trinajstić information content (AvgIpc) is 2.78. The van der Waals surface area contributed by atoms with E-state index >= 15 is 0 Å². The van der Waals surface area contributed by atoms with Crippen molar-refractivity contribution in [3.8, 4) is 22.8 Å². The Morgan fingerprint density at radius 2 is 1.94 bits per heavy atom. The molecule has 18 heavy (non-hydrogen) atoms. The lowest BCUT2D eigenvalue weighted by Gasteiger charge is -2.14. The van der Waals surface area contributed by atoms with Crippen molar-refractivity contribution < 1.29 is 10.2 Å². The first-order valence-corrected chi connectivity index (χ1v) is 5.80. The van der Waals surface area contributed by atoms with Gasteiger partial charge in [0.2, 0.25) is 0 Å². The molecule has 0 saturated carbocycles. The maximum Gasteiger partial charge on any atom is 0.128 e. The number of aromatic nitrogens is 2. The number of phenolic OH excluding ortho intramolecular Hbond substituents is 2. The number of aryl methyl sites for hydroxylation is 1. The van der Waals surface area contributed by atoms with Crippen molar-refractivity contribution in [1.82, 2.24) is 10.2 Å².